The number of hydrogen-bond acceptors (Lipinski definition) is 2. The van der Waals surface area contributed by atoms with Crippen molar-refractivity contribution in [2.75, 3.05) is 5.73 Å². The van der Waals surface area contributed by atoms with E-state index in [9.17, 15) is 0 Å². The van der Waals surface area contributed by atoms with Crippen molar-refractivity contribution in [1.29, 1.82) is 0 Å². The minimum absolute atomic E-state index is 0.295. The third-order valence-corrected chi connectivity index (χ3v) is 4.21. The first-order valence-corrected chi connectivity index (χ1v) is 6.87. The number of aryl methyl sites for hydroxylation is 1. The number of nitrogens with two attached hydrogens (primary N) is 1. The Morgan fingerprint density at radius 3 is 2.67 bits per heavy atom. The van der Waals surface area contributed by atoms with Crippen LogP contribution in [0.1, 0.15) is 25.3 Å². The maximum Gasteiger partial charge on any atom is 0.125 e. The van der Waals surface area contributed by atoms with Crippen LogP contribution >= 0.6 is 27.5 Å². The van der Waals surface area contributed by atoms with Gasteiger partial charge in [-0.2, -0.15) is 5.10 Å². The summed E-state index contributed by atoms with van der Waals surface area (Å²) >= 11 is 9.76. The summed E-state index contributed by atoms with van der Waals surface area (Å²) in [6.45, 7) is 4.20. The van der Waals surface area contributed by atoms with Crippen LogP contribution in [0.2, 0.25) is 5.02 Å². The first-order chi connectivity index (χ1) is 8.43. The van der Waals surface area contributed by atoms with Gasteiger partial charge in [-0.1, -0.05) is 37.6 Å². The fourth-order valence-corrected chi connectivity index (χ4v) is 2.59. The van der Waals surface area contributed by atoms with Crippen molar-refractivity contribution in [3.63, 3.8) is 0 Å². The summed E-state index contributed by atoms with van der Waals surface area (Å²) in [6, 6.07) is 5.81. The SMILES string of the molecule is CC(C)c1c(-c2cccc(Br)c2Cl)nn(C)c1N. The molecule has 2 aromatic rings. The molecule has 0 aliphatic carbocycles. The van der Waals surface area contributed by atoms with Crippen molar-refractivity contribution in [2.45, 2.75) is 19.8 Å². The fraction of sp³-hybridized carbons (Fsp3) is 0.308. The molecule has 1 heterocycles. The van der Waals surface area contributed by atoms with Gasteiger partial charge in [0.2, 0.25) is 0 Å². The van der Waals surface area contributed by atoms with Crippen LogP contribution in [0.15, 0.2) is 22.7 Å². The van der Waals surface area contributed by atoms with Crippen molar-refractivity contribution < 1.29 is 0 Å². The summed E-state index contributed by atoms with van der Waals surface area (Å²) in [6.07, 6.45) is 0. The van der Waals surface area contributed by atoms with E-state index in [2.05, 4.69) is 34.9 Å². The van der Waals surface area contributed by atoms with Gasteiger partial charge in [0.1, 0.15) is 5.82 Å². The third kappa shape index (κ3) is 2.15. The lowest BCUT2D eigenvalue weighted by Crippen LogP contribution is -2.00. The number of benzene rings is 1. The van der Waals surface area contributed by atoms with Crippen LogP contribution in [0.25, 0.3) is 11.3 Å². The van der Waals surface area contributed by atoms with Crippen molar-refractivity contribution in [1.82, 2.24) is 9.78 Å². The molecule has 3 nitrogen and oxygen atoms in total. The Kier molecular flexibility index (Phi) is 3.69. The Labute approximate surface area is 120 Å². The second kappa shape index (κ2) is 4.94. The average Bonchev–Trinajstić information content (AvgIpc) is 2.59. The highest BCUT2D eigenvalue weighted by atomic mass is 79.9. The van der Waals surface area contributed by atoms with Crippen LogP contribution in [0.4, 0.5) is 5.82 Å². The number of aromatic nitrogens is 2. The average molecular weight is 329 g/mol. The van der Waals surface area contributed by atoms with Gasteiger partial charge in [-0.3, -0.25) is 4.68 Å². The molecule has 0 fully saturated rings. The molecule has 0 amide bonds. The van der Waals surface area contributed by atoms with Crippen molar-refractivity contribution in [3.8, 4) is 11.3 Å². The lowest BCUT2D eigenvalue weighted by molar-refractivity contribution is 0.780. The first-order valence-electron chi connectivity index (χ1n) is 5.70. The largest absolute Gasteiger partial charge is 0.384 e. The smallest absolute Gasteiger partial charge is 0.125 e. The Morgan fingerprint density at radius 2 is 2.06 bits per heavy atom. The molecular weight excluding hydrogens is 314 g/mol. The zero-order valence-electron chi connectivity index (χ0n) is 10.5. The summed E-state index contributed by atoms with van der Waals surface area (Å²) in [5, 5.41) is 5.15. The number of nitrogen functional groups attached to an aromatic ring is 1. The number of rotatable bonds is 2. The molecule has 0 spiro atoms. The van der Waals surface area contributed by atoms with E-state index in [1.165, 1.54) is 0 Å². The minimum atomic E-state index is 0.295. The Bertz CT molecular complexity index is 590. The molecule has 0 atom stereocenters. The zero-order chi connectivity index (χ0) is 13.4. The predicted molar refractivity (Wildman–Crippen MR) is 79.9 cm³/mol. The van der Waals surface area contributed by atoms with E-state index in [1.54, 1.807) is 4.68 Å². The van der Waals surface area contributed by atoms with Gasteiger partial charge in [0, 0.05) is 22.6 Å². The van der Waals surface area contributed by atoms with E-state index < -0.39 is 0 Å². The molecule has 0 bridgehead atoms. The normalized spacial score (nSPS) is 11.2. The molecule has 5 heteroatoms. The lowest BCUT2D eigenvalue weighted by atomic mass is 9.98. The highest BCUT2D eigenvalue weighted by molar-refractivity contribution is 9.10. The molecule has 18 heavy (non-hydrogen) atoms. The Morgan fingerprint density at radius 1 is 1.39 bits per heavy atom. The van der Waals surface area contributed by atoms with E-state index in [0.717, 1.165) is 21.3 Å². The van der Waals surface area contributed by atoms with E-state index in [0.29, 0.717) is 16.8 Å². The van der Waals surface area contributed by atoms with Gasteiger partial charge in [0.05, 0.1) is 10.7 Å². The minimum Gasteiger partial charge on any atom is -0.384 e. The molecule has 0 radical (unpaired) electrons. The van der Waals surface area contributed by atoms with Crippen LogP contribution < -0.4 is 5.73 Å². The molecule has 0 saturated heterocycles. The van der Waals surface area contributed by atoms with Gasteiger partial charge in [0.25, 0.3) is 0 Å². The van der Waals surface area contributed by atoms with Gasteiger partial charge in [-0.05, 0) is 27.9 Å². The summed E-state index contributed by atoms with van der Waals surface area (Å²) in [4.78, 5) is 0. The second-order valence-corrected chi connectivity index (χ2v) is 5.76. The van der Waals surface area contributed by atoms with Gasteiger partial charge in [0.15, 0.2) is 0 Å². The van der Waals surface area contributed by atoms with E-state index in [1.807, 2.05) is 25.2 Å². The fourth-order valence-electron chi connectivity index (χ4n) is 2.01. The highest BCUT2D eigenvalue weighted by Gasteiger charge is 2.20. The van der Waals surface area contributed by atoms with Crippen LogP contribution in [-0.2, 0) is 7.05 Å². The molecule has 0 saturated carbocycles. The lowest BCUT2D eigenvalue weighted by Gasteiger charge is -2.09. The topological polar surface area (TPSA) is 43.8 Å². The van der Waals surface area contributed by atoms with Crippen molar-refractivity contribution in [3.05, 3.63) is 33.3 Å². The Balaban J connectivity index is 2.71. The van der Waals surface area contributed by atoms with E-state index in [4.69, 9.17) is 17.3 Å². The molecule has 0 unspecified atom stereocenters. The molecule has 1 aromatic carbocycles. The quantitative estimate of drug-likeness (QED) is 0.897. The van der Waals surface area contributed by atoms with Crippen LogP contribution in [-0.4, -0.2) is 9.78 Å². The van der Waals surface area contributed by atoms with E-state index >= 15 is 0 Å². The van der Waals surface area contributed by atoms with Crippen molar-refractivity contribution >= 4 is 33.3 Å². The van der Waals surface area contributed by atoms with Crippen LogP contribution in [0.3, 0.4) is 0 Å². The molecule has 96 valence electrons. The zero-order valence-corrected chi connectivity index (χ0v) is 12.9. The number of hydrogen-bond donors (Lipinski definition) is 1. The highest BCUT2D eigenvalue weighted by Crippen LogP contribution is 2.38. The second-order valence-electron chi connectivity index (χ2n) is 4.53. The molecule has 2 N–H and O–H groups in total. The van der Waals surface area contributed by atoms with Crippen molar-refractivity contribution in [2.24, 2.45) is 7.05 Å². The molecule has 0 aliphatic heterocycles. The monoisotopic (exact) mass is 327 g/mol. The number of halogens is 2. The first kappa shape index (κ1) is 13.4. The number of nitrogens with zero attached hydrogens (tertiary/aromatic N) is 2. The summed E-state index contributed by atoms with van der Waals surface area (Å²) < 4.78 is 2.56. The summed E-state index contributed by atoms with van der Waals surface area (Å²) in [5.41, 5.74) is 8.88. The molecule has 2 rings (SSSR count). The summed E-state index contributed by atoms with van der Waals surface area (Å²) in [7, 11) is 1.84. The molecule has 0 aliphatic rings. The predicted octanol–water partition coefficient (Wildman–Crippen LogP) is 4.21. The van der Waals surface area contributed by atoms with Gasteiger partial charge in [-0.15, -0.1) is 0 Å². The van der Waals surface area contributed by atoms with E-state index in [-0.39, 0.29) is 0 Å². The van der Waals surface area contributed by atoms with Gasteiger partial charge in [-0.25, -0.2) is 0 Å². The Hall–Kier alpha value is -1.00. The van der Waals surface area contributed by atoms with Crippen LogP contribution in [0, 0.1) is 0 Å². The van der Waals surface area contributed by atoms with Crippen LogP contribution in [0.5, 0.6) is 0 Å². The maximum absolute atomic E-state index is 6.33. The maximum atomic E-state index is 6.33. The third-order valence-electron chi connectivity index (χ3n) is 2.91. The summed E-state index contributed by atoms with van der Waals surface area (Å²) in [5.74, 6) is 0.986. The molecular formula is C13H15BrClN3. The molecule has 1 aromatic heterocycles. The standard InChI is InChI=1S/C13H15BrClN3/c1-7(2)10-12(17-18(3)13(10)16)8-5-4-6-9(14)11(8)15/h4-7H,16H2,1-3H3. The van der Waals surface area contributed by atoms with Gasteiger partial charge >= 0.3 is 0 Å². The van der Waals surface area contributed by atoms with Gasteiger partial charge < -0.3 is 5.73 Å². The number of anilines is 1.